The molecule has 0 bridgehead atoms. The molecule has 7 heteroatoms. The Kier molecular flexibility index (Phi) is 3.02. The number of aromatic amines is 1. The molecule has 2 aliphatic rings. The number of carbonyl (C=O) groups excluding carboxylic acids is 1. The van der Waals surface area contributed by atoms with Crippen molar-refractivity contribution in [3.05, 3.63) is 11.4 Å². The first-order valence-corrected chi connectivity index (χ1v) is 6.56. The second-order valence-electron chi connectivity index (χ2n) is 5.50. The molecule has 7 nitrogen and oxygen atoms in total. The van der Waals surface area contributed by atoms with E-state index in [0.29, 0.717) is 17.3 Å². The number of amides is 1. The van der Waals surface area contributed by atoms with Crippen LogP contribution in [0, 0.1) is 12.8 Å². The summed E-state index contributed by atoms with van der Waals surface area (Å²) in [6, 6.07) is 0.370. The van der Waals surface area contributed by atoms with Gasteiger partial charge in [0.2, 0.25) is 0 Å². The second kappa shape index (κ2) is 4.57. The van der Waals surface area contributed by atoms with Crippen LogP contribution in [0.2, 0.25) is 0 Å². The van der Waals surface area contributed by atoms with E-state index >= 15 is 0 Å². The minimum atomic E-state index is -0.159. The standard InChI is InChI=1S/C12H19N5O2/c1-6-8(15-16-14-6)12(18)13-9-7-4-5-19-11(7)10(9)17(2)3/h7,9-11H,4-5H2,1-3H3,(H,13,18)(H,14,15,16)/t7-,9+,10-,11-/m0/s1. The Bertz CT molecular complexity index is 486. The number of hydrogen-bond donors (Lipinski definition) is 2. The molecule has 0 spiro atoms. The van der Waals surface area contributed by atoms with Gasteiger partial charge in [-0.1, -0.05) is 0 Å². The molecule has 2 fully saturated rings. The summed E-state index contributed by atoms with van der Waals surface area (Å²) in [4.78, 5) is 14.3. The summed E-state index contributed by atoms with van der Waals surface area (Å²) in [7, 11) is 4.03. The van der Waals surface area contributed by atoms with Crippen LogP contribution in [0.3, 0.4) is 0 Å². The Morgan fingerprint density at radius 1 is 1.47 bits per heavy atom. The van der Waals surface area contributed by atoms with Gasteiger partial charge in [0.1, 0.15) is 0 Å². The van der Waals surface area contributed by atoms with Crippen LogP contribution >= 0.6 is 0 Å². The number of carbonyl (C=O) groups is 1. The van der Waals surface area contributed by atoms with Gasteiger partial charge in [-0.25, -0.2) is 0 Å². The van der Waals surface area contributed by atoms with Gasteiger partial charge in [-0.05, 0) is 27.4 Å². The summed E-state index contributed by atoms with van der Waals surface area (Å²) >= 11 is 0. The van der Waals surface area contributed by atoms with E-state index in [-0.39, 0.29) is 24.1 Å². The van der Waals surface area contributed by atoms with Gasteiger partial charge < -0.3 is 15.0 Å². The Labute approximate surface area is 111 Å². The average Bonchev–Trinajstić information content (AvgIpc) is 2.92. The zero-order chi connectivity index (χ0) is 13.6. The topological polar surface area (TPSA) is 83.1 Å². The highest BCUT2D eigenvalue weighted by Crippen LogP contribution is 2.41. The van der Waals surface area contributed by atoms with Crippen molar-refractivity contribution in [2.45, 2.75) is 31.5 Å². The fourth-order valence-corrected chi connectivity index (χ4v) is 3.20. The van der Waals surface area contributed by atoms with E-state index in [1.807, 2.05) is 14.1 Å². The first-order chi connectivity index (χ1) is 9.09. The number of aryl methyl sites for hydroxylation is 1. The fraction of sp³-hybridized carbons (Fsp3) is 0.750. The van der Waals surface area contributed by atoms with Crippen LogP contribution in [0.1, 0.15) is 22.6 Å². The van der Waals surface area contributed by atoms with E-state index < -0.39 is 0 Å². The van der Waals surface area contributed by atoms with Gasteiger partial charge in [-0.15, -0.1) is 0 Å². The van der Waals surface area contributed by atoms with E-state index in [9.17, 15) is 4.79 Å². The third-order valence-corrected chi connectivity index (χ3v) is 4.18. The Balaban J connectivity index is 1.72. The molecule has 2 heterocycles. The van der Waals surface area contributed by atoms with Crippen LogP contribution in [-0.4, -0.2) is 65.1 Å². The Morgan fingerprint density at radius 2 is 2.26 bits per heavy atom. The summed E-state index contributed by atoms with van der Waals surface area (Å²) in [6.45, 7) is 2.55. The van der Waals surface area contributed by atoms with Gasteiger partial charge in [0.25, 0.3) is 5.91 Å². The van der Waals surface area contributed by atoms with Gasteiger partial charge in [0.05, 0.1) is 23.9 Å². The number of H-pyrrole nitrogens is 1. The van der Waals surface area contributed by atoms with E-state index in [1.54, 1.807) is 6.92 Å². The van der Waals surface area contributed by atoms with Gasteiger partial charge >= 0.3 is 0 Å². The summed E-state index contributed by atoms with van der Waals surface area (Å²) in [5, 5.41) is 13.3. The molecule has 1 saturated carbocycles. The number of likely N-dealkylation sites (N-methyl/N-ethyl adjacent to an activating group) is 1. The highest BCUT2D eigenvalue weighted by atomic mass is 16.5. The fourth-order valence-electron chi connectivity index (χ4n) is 3.20. The highest BCUT2D eigenvalue weighted by molar-refractivity contribution is 5.93. The maximum absolute atomic E-state index is 12.2. The number of ether oxygens (including phenoxy) is 1. The lowest BCUT2D eigenvalue weighted by atomic mass is 9.71. The van der Waals surface area contributed by atoms with Gasteiger partial charge in [0.15, 0.2) is 5.69 Å². The quantitative estimate of drug-likeness (QED) is 0.774. The Morgan fingerprint density at radius 3 is 2.89 bits per heavy atom. The molecule has 3 rings (SSSR count). The summed E-state index contributed by atoms with van der Waals surface area (Å²) in [6.07, 6.45) is 1.26. The van der Waals surface area contributed by atoms with Gasteiger partial charge in [-0.2, -0.15) is 15.4 Å². The van der Waals surface area contributed by atoms with Crippen molar-refractivity contribution >= 4 is 5.91 Å². The lowest BCUT2D eigenvalue weighted by Crippen LogP contribution is -2.69. The molecular weight excluding hydrogens is 246 g/mol. The minimum absolute atomic E-state index is 0.131. The molecule has 1 aromatic heterocycles. The number of nitrogens with one attached hydrogen (secondary N) is 2. The molecule has 2 N–H and O–H groups in total. The van der Waals surface area contributed by atoms with Crippen LogP contribution in [0.4, 0.5) is 0 Å². The van der Waals surface area contributed by atoms with Gasteiger partial charge in [0, 0.05) is 12.5 Å². The second-order valence-corrected chi connectivity index (χ2v) is 5.50. The first kappa shape index (κ1) is 12.6. The molecule has 0 aromatic carbocycles. The lowest BCUT2D eigenvalue weighted by molar-refractivity contribution is -0.0664. The third-order valence-electron chi connectivity index (χ3n) is 4.18. The number of fused-ring (bicyclic) bond motifs is 1. The molecule has 1 aliphatic heterocycles. The SMILES string of the molecule is Cc1n[nH]nc1C(=O)N[C@@H]1[C@@H]2CCO[C@@H]2[C@H]1N(C)C. The molecule has 1 aliphatic carbocycles. The predicted octanol–water partition coefficient (Wildman–Crippen LogP) is -0.440. The van der Waals surface area contributed by atoms with Crippen molar-refractivity contribution < 1.29 is 9.53 Å². The number of hydrogen-bond acceptors (Lipinski definition) is 5. The van der Waals surface area contributed by atoms with Crippen molar-refractivity contribution in [1.82, 2.24) is 25.6 Å². The molecule has 1 amide bonds. The van der Waals surface area contributed by atoms with Crippen molar-refractivity contribution in [1.29, 1.82) is 0 Å². The smallest absolute Gasteiger partial charge is 0.274 e. The Hall–Kier alpha value is -1.47. The number of aromatic nitrogens is 3. The van der Waals surface area contributed by atoms with E-state index in [2.05, 4.69) is 25.6 Å². The van der Waals surface area contributed by atoms with E-state index in [0.717, 1.165) is 13.0 Å². The monoisotopic (exact) mass is 265 g/mol. The summed E-state index contributed by atoms with van der Waals surface area (Å²) in [5.74, 6) is 0.261. The molecule has 0 unspecified atom stereocenters. The van der Waals surface area contributed by atoms with Crippen molar-refractivity contribution in [2.24, 2.45) is 5.92 Å². The molecule has 1 saturated heterocycles. The third kappa shape index (κ3) is 1.93. The van der Waals surface area contributed by atoms with Crippen LogP contribution in [-0.2, 0) is 4.74 Å². The average molecular weight is 265 g/mol. The molecule has 104 valence electrons. The molecule has 19 heavy (non-hydrogen) atoms. The van der Waals surface area contributed by atoms with Crippen LogP contribution in [0.25, 0.3) is 0 Å². The summed E-state index contributed by atoms with van der Waals surface area (Å²) < 4.78 is 5.72. The lowest BCUT2D eigenvalue weighted by Gasteiger charge is -2.50. The van der Waals surface area contributed by atoms with Gasteiger partial charge in [-0.3, -0.25) is 4.79 Å². The van der Waals surface area contributed by atoms with Crippen molar-refractivity contribution in [3.8, 4) is 0 Å². The molecular formula is C12H19N5O2. The highest BCUT2D eigenvalue weighted by Gasteiger charge is 2.55. The predicted molar refractivity (Wildman–Crippen MR) is 67.7 cm³/mol. The van der Waals surface area contributed by atoms with Crippen molar-refractivity contribution in [2.75, 3.05) is 20.7 Å². The largest absolute Gasteiger partial charge is 0.376 e. The minimum Gasteiger partial charge on any atom is -0.376 e. The van der Waals surface area contributed by atoms with E-state index in [1.165, 1.54) is 0 Å². The zero-order valence-electron chi connectivity index (χ0n) is 11.4. The van der Waals surface area contributed by atoms with Crippen LogP contribution < -0.4 is 5.32 Å². The molecule has 4 atom stereocenters. The summed E-state index contributed by atoms with van der Waals surface area (Å²) in [5.41, 5.74) is 0.998. The molecule has 1 aromatic rings. The van der Waals surface area contributed by atoms with Crippen LogP contribution in [0.5, 0.6) is 0 Å². The molecule has 0 radical (unpaired) electrons. The normalized spacial score (nSPS) is 33.1. The number of nitrogens with zero attached hydrogens (tertiary/aromatic N) is 3. The zero-order valence-corrected chi connectivity index (χ0v) is 11.4. The van der Waals surface area contributed by atoms with Crippen molar-refractivity contribution in [3.63, 3.8) is 0 Å². The number of rotatable bonds is 3. The maximum atomic E-state index is 12.2. The van der Waals surface area contributed by atoms with E-state index in [4.69, 9.17) is 4.74 Å². The first-order valence-electron chi connectivity index (χ1n) is 6.56. The maximum Gasteiger partial charge on any atom is 0.274 e. The van der Waals surface area contributed by atoms with Crippen LogP contribution in [0.15, 0.2) is 0 Å².